The number of carbonyl (C=O) groups is 3. The second kappa shape index (κ2) is 15.4. The maximum Gasteiger partial charge on any atom is 0.268 e. The number of H-pyrrole nitrogens is 1. The monoisotopic (exact) mass is 581 g/mol. The summed E-state index contributed by atoms with van der Waals surface area (Å²) in [5.74, 6) is -0.476. The number of benzene rings is 3. The summed E-state index contributed by atoms with van der Waals surface area (Å²) in [6.07, 6.45) is 2.18. The molecule has 0 fully saturated rings. The highest BCUT2D eigenvalue weighted by Gasteiger charge is 2.28. The van der Waals surface area contributed by atoms with Gasteiger partial charge in [-0.3, -0.25) is 14.4 Å². The van der Waals surface area contributed by atoms with Gasteiger partial charge in [-0.15, -0.1) is 0 Å². The van der Waals surface area contributed by atoms with E-state index in [0.29, 0.717) is 25.4 Å². The predicted octanol–water partition coefficient (Wildman–Crippen LogP) is 3.57. The van der Waals surface area contributed by atoms with Crippen LogP contribution >= 0.6 is 0 Å². The Hall–Kier alpha value is -4.89. The van der Waals surface area contributed by atoms with Gasteiger partial charge in [-0.05, 0) is 59.9 Å². The van der Waals surface area contributed by atoms with Crippen molar-refractivity contribution >= 4 is 17.7 Å². The van der Waals surface area contributed by atoms with Gasteiger partial charge in [-0.2, -0.15) is 0 Å². The van der Waals surface area contributed by atoms with Crippen molar-refractivity contribution < 1.29 is 19.1 Å². The van der Waals surface area contributed by atoms with Gasteiger partial charge < -0.3 is 31.4 Å². The molecular weight excluding hydrogens is 542 g/mol. The number of aryl methyl sites for hydroxylation is 1. The normalized spacial score (nSPS) is 12.2. The van der Waals surface area contributed by atoms with Crippen molar-refractivity contribution in [3.05, 3.63) is 125 Å². The predicted molar refractivity (Wildman–Crippen MR) is 166 cm³/mol. The Balaban J connectivity index is 1.53. The number of hydrogen-bond acceptors (Lipinski definition) is 5. The number of rotatable bonds is 14. The van der Waals surface area contributed by atoms with E-state index in [0.717, 1.165) is 33.6 Å². The van der Waals surface area contributed by atoms with Gasteiger partial charge >= 0.3 is 0 Å². The van der Waals surface area contributed by atoms with Gasteiger partial charge in [0.05, 0.1) is 6.61 Å². The molecule has 1 heterocycles. The first kappa shape index (κ1) is 31.1. The van der Waals surface area contributed by atoms with Crippen molar-refractivity contribution in [2.24, 2.45) is 5.73 Å². The number of nitrogens with two attached hydrogens (primary N) is 1. The molecule has 224 valence electrons. The fourth-order valence-electron chi connectivity index (χ4n) is 4.69. The molecule has 0 radical (unpaired) electrons. The molecule has 1 aromatic heterocycles. The molecule has 0 aliphatic rings. The van der Waals surface area contributed by atoms with Crippen LogP contribution in [0, 0.1) is 6.92 Å². The van der Waals surface area contributed by atoms with Crippen molar-refractivity contribution in [3.63, 3.8) is 0 Å². The topological polar surface area (TPSA) is 138 Å². The van der Waals surface area contributed by atoms with Crippen LogP contribution in [0.3, 0.4) is 0 Å². The minimum atomic E-state index is -0.942. The fourth-order valence-corrected chi connectivity index (χ4v) is 4.69. The number of hydrogen-bond donors (Lipinski definition) is 5. The average Bonchev–Trinajstić information content (AvgIpc) is 3.46. The zero-order valence-electron chi connectivity index (χ0n) is 24.6. The Labute approximate surface area is 252 Å². The highest BCUT2D eigenvalue weighted by atomic mass is 16.5. The molecule has 4 aromatic rings. The maximum atomic E-state index is 13.8. The van der Waals surface area contributed by atoms with E-state index in [4.69, 9.17) is 10.5 Å². The first-order valence-corrected chi connectivity index (χ1v) is 14.4. The van der Waals surface area contributed by atoms with E-state index in [1.807, 2.05) is 92.7 Å². The van der Waals surface area contributed by atoms with Crippen LogP contribution in [-0.2, 0) is 35.5 Å². The second-order valence-corrected chi connectivity index (χ2v) is 10.3. The smallest absolute Gasteiger partial charge is 0.268 e. The molecule has 0 unspecified atom stereocenters. The summed E-state index contributed by atoms with van der Waals surface area (Å²) in [4.78, 5) is 43.4. The minimum absolute atomic E-state index is 0.219. The molecule has 6 N–H and O–H groups in total. The Morgan fingerprint density at radius 3 is 1.98 bits per heavy atom. The number of aromatic nitrogens is 1. The maximum absolute atomic E-state index is 13.8. The van der Waals surface area contributed by atoms with E-state index >= 15 is 0 Å². The van der Waals surface area contributed by atoms with E-state index < -0.39 is 23.9 Å². The van der Waals surface area contributed by atoms with Crippen LogP contribution in [-0.4, -0.2) is 41.4 Å². The lowest BCUT2D eigenvalue weighted by Gasteiger charge is -2.24. The van der Waals surface area contributed by atoms with Crippen molar-refractivity contribution in [3.8, 4) is 5.75 Å². The largest absolute Gasteiger partial charge is 0.494 e. The highest BCUT2D eigenvalue weighted by Crippen LogP contribution is 2.15. The first-order chi connectivity index (χ1) is 20.9. The minimum Gasteiger partial charge on any atom is -0.494 e. The van der Waals surface area contributed by atoms with Crippen LogP contribution < -0.4 is 26.4 Å². The lowest BCUT2D eigenvalue weighted by Crippen LogP contribution is -2.55. The summed E-state index contributed by atoms with van der Waals surface area (Å²) in [5.41, 5.74) is 10.5. The van der Waals surface area contributed by atoms with Gasteiger partial charge in [0.15, 0.2) is 0 Å². The van der Waals surface area contributed by atoms with Gasteiger partial charge in [-0.25, -0.2) is 0 Å². The van der Waals surface area contributed by atoms with Crippen molar-refractivity contribution in [2.45, 2.75) is 51.9 Å². The van der Waals surface area contributed by atoms with Gasteiger partial charge in [0, 0.05) is 32.1 Å². The quantitative estimate of drug-likeness (QED) is 0.155. The molecular formula is C34H39N5O4. The molecule has 0 aliphatic heterocycles. The molecule has 0 saturated heterocycles. The molecule has 0 spiro atoms. The van der Waals surface area contributed by atoms with Crippen LogP contribution in [0.2, 0.25) is 0 Å². The van der Waals surface area contributed by atoms with Gasteiger partial charge in [-0.1, -0.05) is 66.7 Å². The van der Waals surface area contributed by atoms with E-state index in [-0.39, 0.29) is 18.7 Å². The Kier molecular flexibility index (Phi) is 11.1. The van der Waals surface area contributed by atoms with Crippen LogP contribution in [0.25, 0.3) is 0 Å². The van der Waals surface area contributed by atoms with Crippen molar-refractivity contribution in [2.75, 3.05) is 6.61 Å². The first-order valence-electron chi connectivity index (χ1n) is 14.4. The van der Waals surface area contributed by atoms with Crippen LogP contribution in [0.5, 0.6) is 5.75 Å². The zero-order chi connectivity index (χ0) is 30.6. The molecule has 4 rings (SSSR count). The molecule has 43 heavy (non-hydrogen) atoms. The molecule has 0 bridgehead atoms. The lowest BCUT2D eigenvalue weighted by atomic mass is 10.0. The summed E-state index contributed by atoms with van der Waals surface area (Å²) < 4.78 is 5.54. The third kappa shape index (κ3) is 9.05. The van der Waals surface area contributed by atoms with Gasteiger partial charge in [0.25, 0.3) is 5.91 Å². The molecule has 2 atom stereocenters. The van der Waals surface area contributed by atoms with E-state index in [1.54, 1.807) is 12.3 Å². The summed E-state index contributed by atoms with van der Waals surface area (Å²) in [6.45, 7) is 5.00. The summed E-state index contributed by atoms with van der Waals surface area (Å²) in [5, 5.41) is 8.74. The summed E-state index contributed by atoms with van der Waals surface area (Å²) in [7, 11) is 0. The van der Waals surface area contributed by atoms with Crippen LogP contribution in [0.1, 0.15) is 45.2 Å². The third-order valence-corrected chi connectivity index (χ3v) is 7.12. The fraction of sp³-hybridized carbons (Fsp3) is 0.265. The lowest BCUT2D eigenvalue weighted by molar-refractivity contribution is -0.130. The molecule has 9 nitrogen and oxygen atoms in total. The van der Waals surface area contributed by atoms with Crippen molar-refractivity contribution in [1.29, 1.82) is 0 Å². The average molecular weight is 582 g/mol. The molecule has 9 heteroatoms. The number of amides is 3. The van der Waals surface area contributed by atoms with Crippen molar-refractivity contribution in [1.82, 2.24) is 20.9 Å². The van der Waals surface area contributed by atoms with Crippen LogP contribution in [0.15, 0.2) is 91.1 Å². The molecule has 3 amide bonds. The number of nitrogens with one attached hydrogen (secondary N) is 4. The second-order valence-electron chi connectivity index (χ2n) is 10.3. The molecule has 0 aliphatic carbocycles. The van der Waals surface area contributed by atoms with Crippen LogP contribution in [0.4, 0.5) is 0 Å². The summed E-state index contributed by atoms with van der Waals surface area (Å²) >= 11 is 0. The van der Waals surface area contributed by atoms with E-state index in [2.05, 4.69) is 20.9 Å². The SMILES string of the molecule is CCOc1ccc(C[C@@H](NC(=O)c2[nH]ccc2C)C(=O)N[C@@H](Cc2ccccc2)C(=O)NCc2ccc(CN)cc2)cc1. The number of carbonyl (C=O) groups excluding carboxylic acids is 3. The summed E-state index contributed by atoms with van der Waals surface area (Å²) in [6, 6.07) is 24.5. The van der Waals surface area contributed by atoms with E-state index in [1.165, 1.54) is 0 Å². The standard InChI is InChI=1S/C34H39N5O4/c1-3-43-28-15-13-25(14-16-28)20-30(39-34(42)31-23(2)17-18-36-31)33(41)38-29(19-24-7-5-4-6-8-24)32(40)37-22-27-11-9-26(21-35)10-12-27/h4-18,29-30,36H,3,19-22,35H2,1-2H3,(H,37,40)(H,38,41)(H,39,42)/t29-,30+/m0/s1. The Morgan fingerprint density at radius 1 is 0.767 bits per heavy atom. The highest BCUT2D eigenvalue weighted by molar-refractivity contribution is 5.98. The number of ether oxygens (including phenoxy) is 1. The van der Waals surface area contributed by atoms with Gasteiger partial charge in [0.1, 0.15) is 23.5 Å². The Morgan fingerprint density at radius 2 is 1.37 bits per heavy atom. The third-order valence-electron chi connectivity index (χ3n) is 7.12. The number of aromatic amines is 1. The van der Waals surface area contributed by atoms with Gasteiger partial charge in [0.2, 0.25) is 11.8 Å². The molecule has 0 saturated carbocycles. The Bertz CT molecular complexity index is 1480. The zero-order valence-corrected chi connectivity index (χ0v) is 24.6. The molecule has 3 aromatic carbocycles. The van der Waals surface area contributed by atoms with E-state index in [9.17, 15) is 14.4 Å².